The van der Waals surface area contributed by atoms with Crippen LogP contribution in [0.4, 0.5) is 10.7 Å². The van der Waals surface area contributed by atoms with Crippen LogP contribution in [0, 0.1) is 10.1 Å². The summed E-state index contributed by atoms with van der Waals surface area (Å²) in [5.74, 6) is 0. The molecule has 100 valence electrons. The molecular weight excluding hydrogens is 316 g/mol. The number of hydrogen-bond donors (Lipinski definition) is 1. The first-order valence-corrected chi connectivity index (χ1v) is 7.28. The predicted molar refractivity (Wildman–Crippen MR) is 68.8 cm³/mol. The lowest BCUT2D eigenvalue weighted by Crippen LogP contribution is -2.13. The molecule has 1 aromatic heterocycles. The Hall–Kier alpha value is -1.78. The van der Waals surface area contributed by atoms with Crippen molar-refractivity contribution in [1.29, 1.82) is 0 Å². The highest BCUT2D eigenvalue weighted by Gasteiger charge is 2.22. The van der Waals surface area contributed by atoms with Crippen LogP contribution in [-0.4, -0.2) is 22.9 Å². The first kappa shape index (κ1) is 13.6. The van der Waals surface area contributed by atoms with Crippen LogP contribution in [0.2, 0.25) is 5.02 Å². The Morgan fingerprint density at radius 2 is 2.16 bits per heavy atom. The molecule has 0 radical (unpaired) electrons. The molecule has 19 heavy (non-hydrogen) atoms. The molecule has 2 rings (SSSR count). The van der Waals surface area contributed by atoms with Crippen molar-refractivity contribution in [3.05, 3.63) is 39.5 Å². The fraction of sp³-hybridized carbons (Fsp3) is 0. The third kappa shape index (κ3) is 2.97. The molecule has 0 fully saturated rings. The summed E-state index contributed by atoms with van der Waals surface area (Å²) in [5.41, 5.74) is -0.368. The Morgan fingerprint density at radius 3 is 2.74 bits per heavy atom. The molecule has 2 aromatic rings. The van der Waals surface area contributed by atoms with Crippen LogP contribution >= 0.6 is 23.1 Å². The summed E-state index contributed by atoms with van der Waals surface area (Å²) in [6.45, 7) is 0. The minimum absolute atomic E-state index is 0.115. The molecule has 0 bridgehead atoms. The van der Waals surface area contributed by atoms with Gasteiger partial charge in [-0.2, -0.15) is 0 Å². The van der Waals surface area contributed by atoms with Gasteiger partial charge in [-0.05, 0) is 6.07 Å². The van der Waals surface area contributed by atoms with Crippen molar-refractivity contribution < 1.29 is 13.3 Å². The summed E-state index contributed by atoms with van der Waals surface area (Å²) in [4.78, 5) is 9.55. The van der Waals surface area contributed by atoms with Gasteiger partial charge in [-0.25, -0.2) is 8.42 Å². The highest BCUT2D eigenvalue weighted by atomic mass is 35.5. The second-order valence-corrected chi connectivity index (χ2v) is 6.10. The van der Waals surface area contributed by atoms with E-state index >= 15 is 0 Å². The van der Waals surface area contributed by atoms with Gasteiger partial charge in [-0.3, -0.25) is 14.8 Å². The van der Waals surface area contributed by atoms with Crippen molar-refractivity contribution in [3.63, 3.8) is 0 Å². The number of nitro groups is 1. The third-order valence-corrected chi connectivity index (χ3v) is 4.57. The number of nitrogens with zero attached hydrogens (tertiary/aromatic N) is 3. The Morgan fingerprint density at radius 1 is 1.42 bits per heavy atom. The Balaban J connectivity index is 2.45. The Bertz CT molecular complexity index is 716. The first-order valence-electron chi connectivity index (χ1n) is 4.64. The van der Waals surface area contributed by atoms with Gasteiger partial charge in [0, 0.05) is 23.7 Å². The summed E-state index contributed by atoms with van der Waals surface area (Å²) < 4.78 is 29.7. The zero-order valence-electron chi connectivity index (χ0n) is 8.98. The van der Waals surface area contributed by atoms with E-state index < -0.39 is 14.9 Å². The van der Waals surface area contributed by atoms with Crippen LogP contribution in [0.15, 0.2) is 29.3 Å². The van der Waals surface area contributed by atoms with Crippen LogP contribution in [0.25, 0.3) is 0 Å². The first-order chi connectivity index (χ1) is 8.90. The maximum atomic E-state index is 12.0. The third-order valence-electron chi connectivity index (χ3n) is 2.01. The van der Waals surface area contributed by atoms with Crippen LogP contribution in [0.3, 0.4) is 0 Å². The minimum atomic E-state index is -4.03. The molecule has 0 aliphatic heterocycles. The van der Waals surface area contributed by atoms with Gasteiger partial charge in [0.2, 0.25) is 0 Å². The summed E-state index contributed by atoms with van der Waals surface area (Å²) >= 11 is 6.59. The molecule has 0 amide bonds. The molecular formula is C8H5ClN4O4S2. The van der Waals surface area contributed by atoms with Crippen molar-refractivity contribution >= 4 is 43.8 Å². The van der Waals surface area contributed by atoms with Crippen molar-refractivity contribution in [3.8, 4) is 0 Å². The number of nitro benzene ring substituents is 1. The van der Waals surface area contributed by atoms with Gasteiger partial charge in [0.1, 0.15) is 9.90 Å². The molecule has 1 heterocycles. The van der Waals surface area contributed by atoms with Crippen LogP contribution < -0.4 is 4.72 Å². The highest BCUT2D eigenvalue weighted by molar-refractivity contribution is 7.93. The molecule has 8 nitrogen and oxygen atoms in total. The van der Waals surface area contributed by atoms with Gasteiger partial charge in [-0.15, -0.1) is 5.10 Å². The molecule has 11 heteroatoms. The van der Waals surface area contributed by atoms with Crippen molar-refractivity contribution in [2.45, 2.75) is 4.90 Å². The lowest BCUT2D eigenvalue weighted by molar-refractivity contribution is -0.385. The molecule has 0 aliphatic carbocycles. The van der Waals surface area contributed by atoms with Gasteiger partial charge in [0.25, 0.3) is 15.7 Å². The van der Waals surface area contributed by atoms with Gasteiger partial charge in [0.05, 0.1) is 16.1 Å². The fourth-order valence-corrected chi connectivity index (χ4v) is 3.42. The zero-order valence-corrected chi connectivity index (χ0v) is 11.4. The van der Waals surface area contributed by atoms with E-state index in [2.05, 4.69) is 14.3 Å². The van der Waals surface area contributed by atoms with E-state index in [9.17, 15) is 18.5 Å². The SMILES string of the molecule is O=[N+]([O-])c1ccc(Cl)c(S(=O)(=O)Nc2cnns2)c1. The molecule has 1 aromatic carbocycles. The number of non-ortho nitro benzene ring substituents is 1. The summed E-state index contributed by atoms with van der Waals surface area (Å²) in [5, 5.41) is 14.2. The number of benzene rings is 1. The van der Waals surface area contributed by atoms with Crippen molar-refractivity contribution in [2.75, 3.05) is 4.72 Å². The number of hydrogen-bond acceptors (Lipinski definition) is 7. The maximum Gasteiger partial charge on any atom is 0.270 e. The van der Waals surface area contributed by atoms with E-state index in [4.69, 9.17) is 11.6 Å². The number of rotatable bonds is 4. The lowest BCUT2D eigenvalue weighted by atomic mass is 10.3. The minimum Gasteiger partial charge on any atom is -0.268 e. The number of nitrogens with one attached hydrogen (secondary N) is 1. The van der Waals surface area contributed by atoms with E-state index in [1.54, 1.807) is 0 Å². The largest absolute Gasteiger partial charge is 0.270 e. The molecule has 0 saturated heterocycles. The highest BCUT2D eigenvalue weighted by Crippen LogP contribution is 2.28. The standard InChI is InChI=1S/C8H5ClN4O4S2/c9-6-2-1-5(13(14)15)3-7(6)19(16,17)11-8-4-10-12-18-8/h1-4,11H. The predicted octanol–water partition coefficient (Wildman–Crippen LogP) is 1.90. The van der Waals surface area contributed by atoms with Gasteiger partial charge < -0.3 is 0 Å². The average Bonchev–Trinajstić information content (AvgIpc) is 2.81. The molecule has 0 atom stereocenters. The molecule has 0 saturated carbocycles. The van der Waals surface area contributed by atoms with Crippen LogP contribution in [-0.2, 0) is 10.0 Å². The second kappa shape index (κ2) is 5.07. The Labute approximate surface area is 116 Å². The topological polar surface area (TPSA) is 115 Å². The molecule has 0 spiro atoms. The van der Waals surface area contributed by atoms with Crippen molar-refractivity contribution in [2.24, 2.45) is 0 Å². The summed E-state index contributed by atoms with van der Waals surface area (Å²) in [6, 6.07) is 3.16. The zero-order chi connectivity index (χ0) is 14.0. The van der Waals surface area contributed by atoms with E-state index in [1.165, 1.54) is 6.20 Å². The second-order valence-electron chi connectivity index (χ2n) is 3.26. The van der Waals surface area contributed by atoms with E-state index in [1.807, 2.05) is 0 Å². The van der Waals surface area contributed by atoms with Gasteiger partial charge in [-0.1, -0.05) is 16.1 Å². The number of aromatic nitrogens is 2. The normalized spacial score (nSPS) is 11.2. The Kier molecular flexibility index (Phi) is 3.64. The molecule has 0 unspecified atom stereocenters. The summed E-state index contributed by atoms with van der Waals surface area (Å²) in [7, 11) is -4.03. The number of sulfonamides is 1. The van der Waals surface area contributed by atoms with E-state index in [0.717, 1.165) is 29.7 Å². The van der Waals surface area contributed by atoms with Crippen LogP contribution in [0.5, 0.6) is 0 Å². The van der Waals surface area contributed by atoms with Crippen LogP contribution in [0.1, 0.15) is 0 Å². The summed E-state index contributed by atoms with van der Waals surface area (Å²) in [6.07, 6.45) is 1.22. The quantitative estimate of drug-likeness (QED) is 0.679. The number of halogens is 1. The monoisotopic (exact) mass is 320 g/mol. The van der Waals surface area contributed by atoms with E-state index in [-0.39, 0.29) is 20.6 Å². The maximum absolute atomic E-state index is 12.0. The van der Waals surface area contributed by atoms with Crippen molar-refractivity contribution in [1.82, 2.24) is 9.59 Å². The fourth-order valence-electron chi connectivity index (χ4n) is 1.21. The van der Waals surface area contributed by atoms with Gasteiger partial charge >= 0.3 is 0 Å². The number of anilines is 1. The van der Waals surface area contributed by atoms with Gasteiger partial charge in [0.15, 0.2) is 0 Å². The molecule has 1 N–H and O–H groups in total. The smallest absolute Gasteiger partial charge is 0.268 e. The lowest BCUT2D eigenvalue weighted by Gasteiger charge is -2.06. The average molecular weight is 321 g/mol. The molecule has 0 aliphatic rings. The van der Waals surface area contributed by atoms with E-state index in [0.29, 0.717) is 0 Å².